The summed E-state index contributed by atoms with van der Waals surface area (Å²) in [6, 6.07) is 13.9. The van der Waals surface area contributed by atoms with Gasteiger partial charge >= 0.3 is 0 Å². The Kier molecular flexibility index (Phi) is 5.14. The van der Waals surface area contributed by atoms with E-state index in [9.17, 15) is 9.18 Å². The van der Waals surface area contributed by atoms with Crippen LogP contribution in [0.25, 0.3) is 0 Å². The van der Waals surface area contributed by atoms with Crippen LogP contribution in [0.3, 0.4) is 0 Å². The molecule has 3 rings (SSSR count). The van der Waals surface area contributed by atoms with Gasteiger partial charge in [0.2, 0.25) is 0 Å². The first-order valence-electron chi connectivity index (χ1n) is 8.46. The van der Waals surface area contributed by atoms with Crippen LogP contribution in [0, 0.1) is 5.82 Å². The van der Waals surface area contributed by atoms with Crippen molar-refractivity contribution in [2.75, 3.05) is 13.1 Å². The van der Waals surface area contributed by atoms with E-state index >= 15 is 0 Å². The number of aryl methyl sites for hydroxylation is 1. The largest absolute Gasteiger partial charge is 0.490 e. The lowest BCUT2D eigenvalue weighted by Crippen LogP contribution is -2.41. The predicted molar refractivity (Wildman–Crippen MR) is 91.8 cm³/mol. The first kappa shape index (κ1) is 16.5. The van der Waals surface area contributed by atoms with Crippen molar-refractivity contribution in [3.05, 3.63) is 65.5 Å². The molecule has 0 radical (unpaired) electrons. The Hall–Kier alpha value is -2.36. The highest BCUT2D eigenvalue weighted by molar-refractivity contribution is 5.94. The molecule has 0 atom stereocenters. The van der Waals surface area contributed by atoms with Crippen molar-refractivity contribution in [1.82, 2.24) is 4.90 Å². The molecule has 1 aliphatic heterocycles. The molecule has 0 N–H and O–H groups in total. The summed E-state index contributed by atoms with van der Waals surface area (Å²) in [6.45, 7) is 3.45. The minimum absolute atomic E-state index is 0.0403. The summed E-state index contributed by atoms with van der Waals surface area (Å²) < 4.78 is 19.0. The Morgan fingerprint density at radius 2 is 1.88 bits per heavy atom. The zero-order valence-corrected chi connectivity index (χ0v) is 13.9. The number of benzene rings is 2. The number of rotatable bonds is 4. The second-order valence-corrected chi connectivity index (χ2v) is 6.12. The molecule has 4 heteroatoms. The number of halogens is 1. The Morgan fingerprint density at radius 3 is 2.54 bits per heavy atom. The first-order chi connectivity index (χ1) is 11.7. The molecular formula is C20H22FNO2. The van der Waals surface area contributed by atoms with E-state index in [1.807, 2.05) is 17.0 Å². The van der Waals surface area contributed by atoms with Crippen molar-refractivity contribution in [3.8, 4) is 5.75 Å². The lowest BCUT2D eigenvalue weighted by atomic mass is 10.1. The van der Waals surface area contributed by atoms with Crippen LogP contribution < -0.4 is 4.74 Å². The van der Waals surface area contributed by atoms with Gasteiger partial charge in [-0.1, -0.05) is 19.1 Å². The van der Waals surface area contributed by atoms with E-state index in [0.717, 1.165) is 25.0 Å². The third-order valence-electron chi connectivity index (χ3n) is 4.43. The van der Waals surface area contributed by atoms with Gasteiger partial charge in [0, 0.05) is 31.5 Å². The fourth-order valence-electron chi connectivity index (χ4n) is 2.98. The van der Waals surface area contributed by atoms with Crippen LogP contribution in [0.2, 0.25) is 0 Å². The van der Waals surface area contributed by atoms with Crippen LogP contribution in [0.4, 0.5) is 4.39 Å². The highest BCUT2D eigenvalue weighted by atomic mass is 19.1. The van der Waals surface area contributed by atoms with Crippen LogP contribution in [0.15, 0.2) is 48.5 Å². The number of ether oxygens (including phenoxy) is 1. The zero-order chi connectivity index (χ0) is 16.9. The van der Waals surface area contributed by atoms with E-state index in [0.29, 0.717) is 18.7 Å². The molecule has 3 nitrogen and oxygen atoms in total. The van der Waals surface area contributed by atoms with Gasteiger partial charge < -0.3 is 9.64 Å². The van der Waals surface area contributed by atoms with Crippen molar-refractivity contribution in [2.45, 2.75) is 32.3 Å². The standard InChI is InChI=1S/C20H22FNO2/c1-2-15-4-3-5-19(14-15)24-18-10-12-22(13-11-18)20(23)16-6-8-17(21)9-7-16/h3-9,14,18H,2,10-13H2,1H3. The summed E-state index contributed by atoms with van der Waals surface area (Å²) in [6.07, 6.45) is 2.74. The number of likely N-dealkylation sites (tertiary alicyclic amines) is 1. The quantitative estimate of drug-likeness (QED) is 0.847. The van der Waals surface area contributed by atoms with E-state index in [-0.39, 0.29) is 17.8 Å². The van der Waals surface area contributed by atoms with Gasteiger partial charge in [-0.05, 0) is 48.4 Å². The van der Waals surface area contributed by atoms with Crippen LogP contribution >= 0.6 is 0 Å². The molecule has 126 valence electrons. The van der Waals surface area contributed by atoms with Gasteiger partial charge in [0.15, 0.2) is 0 Å². The molecule has 2 aromatic rings. The molecule has 0 unspecified atom stereocenters. The topological polar surface area (TPSA) is 29.5 Å². The first-order valence-corrected chi connectivity index (χ1v) is 8.46. The maximum atomic E-state index is 13.0. The maximum Gasteiger partial charge on any atom is 0.253 e. The van der Waals surface area contributed by atoms with Gasteiger partial charge in [0.25, 0.3) is 5.91 Å². The summed E-state index contributed by atoms with van der Waals surface area (Å²) in [7, 11) is 0. The molecule has 0 aromatic heterocycles. The molecule has 1 saturated heterocycles. The normalized spacial score (nSPS) is 15.3. The van der Waals surface area contributed by atoms with Crippen LogP contribution in [-0.4, -0.2) is 30.0 Å². The number of carbonyl (C=O) groups is 1. The minimum Gasteiger partial charge on any atom is -0.490 e. The number of amides is 1. The van der Waals surface area contributed by atoms with E-state index in [2.05, 4.69) is 19.1 Å². The van der Waals surface area contributed by atoms with Crippen molar-refractivity contribution in [3.63, 3.8) is 0 Å². The number of hydrogen-bond donors (Lipinski definition) is 0. The summed E-state index contributed by atoms with van der Waals surface area (Å²) in [5, 5.41) is 0. The van der Waals surface area contributed by atoms with Crippen molar-refractivity contribution >= 4 is 5.91 Å². The van der Waals surface area contributed by atoms with E-state index in [4.69, 9.17) is 4.74 Å². The average molecular weight is 327 g/mol. The third kappa shape index (κ3) is 3.94. The Bertz CT molecular complexity index is 691. The van der Waals surface area contributed by atoms with Gasteiger partial charge in [-0.3, -0.25) is 4.79 Å². The SMILES string of the molecule is CCc1cccc(OC2CCN(C(=O)c3ccc(F)cc3)CC2)c1. The maximum absolute atomic E-state index is 13.0. The number of carbonyl (C=O) groups excluding carboxylic acids is 1. The van der Waals surface area contributed by atoms with Crippen molar-refractivity contribution < 1.29 is 13.9 Å². The van der Waals surface area contributed by atoms with Gasteiger partial charge in [0.05, 0.1) is 0 Å². The molecule has 24 heavy (non-hydrogen) atoms. The lowest BCUT2D eigenvalue weighted by molar-refractivity contribution is 0.0595. The Labute approximate surface area is 142 Å². The van der Waals surface area contributed by atoms with Gasteiger partial charge in [-0.15, -0.1) is 0 Å². The molecule has 0 saturated carbocycles. The molecule has 1 aliphatic rings. The number of hydrogen-bond acceptors (Lipinski definition) is 2. The predicted octanol–water partition coefficient (Wildman–Crippen LogP) is 4.07. The molecule has 0 spiro atoms. The highest BCUT2D eigenvalue weighted by Crippen LogP contribution is 2.21. The number of piperidine rings is 1. The van der Waals surface area contributed by atoms with Gasteiger partial charge in [0.1, 0.15) is 17.7 Å². The summed E-state index contributed by atoms with van der Waals surface area (Å²) in [5.41, 5.74) is 1.79. The summed E-state index contributed by atoms with van der Waals surface area (Å²) in [4.78, 5) is 14.2. The molecule has 0 aliphatic carbocycles. The van der Waals surface area contributed by atoms with E-state index in [1.54, 1.807) is 0 Å². The second-order valence-electron chi connectivity index (χ2n) is 6.12. The monoisotopic (exact) mass is 327 g/mol. The van der Waals surface area contributed by atoms with Gasteiger partial charge in [-0.25, -0.2) is 4.39 Å². The van der Waals surface area contributed by atoms with Crippen LogP contribution in [0.5, 0.6) is 5.75 Å². The fourth-order valence-corrected chi connectivity index (χ4v) is 2.98. The Morgan fingerprint density at radius 1 is 1.17 bits per heavy atom. The molecule has 1 amide bonds. The third-order valence-corrected chi connectivity index (χ3v) is 4.43. The zero-order valence-electron chi connectivity index (χ0n) is 13.9. The Balaban J connectivity index is 1.55. The van der Waals surface area contributed by atoms with E-state index < -0.39 is 0 Å². The second kappa shape index (κ2) is 7.47. The van der Waals surface area contributed by atoms with Crippen molar-refractivity contribution in [2.24, 2.45) is 0 Å². The van der Waals surface area contributed by atoms with Crippen molar-refractivity contribution in [1.29, 1.82) is 0 Å². The summed E-state index contributed by atoms with van der Waals surface area (Å²) in [5.74, 6) is 0.534. The lowest BCUT2D eigenvalue weighted by Gasteiger charge is -2.32. The van der Waals surface area contributed by atoms with E-state index in [1.165, 1.54) is 29.8 Å². The van der Waals surface area contributed by atoms with Crippen LogP contribution in [0.1, 0.15) is 35.7 Å². The average Bonchev–Trinajstić information content (AvgIpc) is 2.62. The molecule has 1 fully saturated rings. The summed E-state index contributed by atoms with van der Waals surface area (Å²) >= 11 is 0. The minimum atomic E-state index is -0.326. The molecule has 2 aromatic carbocycles. The smallest absolute Gasteiger partial charge is 0.253 e. The fraction of sp³-hybridized carbons (Fsp3) is 0.350. The van der Waals surface area contributed by atoms with Crippen LogP contribution in [-0.2, 0) is 6.42 Å². The number of nitrogens with zero attached hydrogens (tertiary/aromatic N) is 1. The molecule has 1 heterocycles. The molecule has 0 bridgehead atoms. The molecular weight excluding hydrogens is 305 g/mol. The highest BCUT2D eigenvalue weighted by Gasteiger charge is 2.24. The van der Waals surface area contributed by atoms with Gasteiger partial charge in [-0.2, -0.15) is 0 Å².